The van der Waals surface area contributed by atoms with E-state index in [0.29, 0.717) is 6.42 Å². The molecule has 0 N–H and O–H groups in total. The fraction of sp³-hybridized carbons (Fsp3) is 0.571. The van der Waals surface area contributed by atoms with E-state index in [0.717, 1.165) is 38.9 Å². The highest BCUT2D eigenvalue weighted by atomic mass is 16.2. The van der Waals surface area contributed by atoms with Crippen LogP contribution < -0.4 is 0 Å². The Kier molecular flexibility index (Phi) is 4.32. The number of nitrogens with zero attached hydrogens (tertiary/aromatic N) is 3. The lowest BCUT2D eigenvalue weighted by Gasteiger charge is -2.39. The van der Waals surface area contributed by atoms with Gasteiger partial charge in [-0.05, 0) is 57.4 Å². The first kappa shape index (κ1) is 16.6. The van der Waals surface area contributed by atoms with Gasteiger partial charge in [-0.3, -0.25) is 4.79 Å². The summed E-state index contributed by atoms with van der Waals surface area (Å²) in [5.74, 6) is 0.288. The Balaban J connectivity index is 1.91. The number of benzene rings is 1. The first-order valence-corrected chi connectivity index (χ1v) is 9.70. The van der Waals surface area contributed by atoms with Gasteiger partial charge in [-0.1, -0.05) is 18.6 Å². The molecule has 3 heterocycles. The van der Waals surface area contributed by atoms with E-state index < -0.39 is 0 Å². The summed E-state index contributed by atoms with van der Waals surface area (Å²) < 4.78 is 2.51. The van der Waals surface area contributed by atoms with Crippen LogP contribution in [-0.4, -0.2) is 40.4 Å². The van der Waals surface area contributed by atoms with Crippen molar-refractivity contribution < 1.29 is 4.79 Å². The van der Waals surface area contributed by atoms with E-state index in [9.17, 15) is 4.79 Å². The summed E-state index contributed by atoms with van der Waals surface area (Å²) in [5, 5.41) is 1.40. The molecular weight excluding hydrogens is 310 g/mol. The average molecular weight is 339 g/mol. The fourth-order valence-corrected chi connectivity index (χ4v) is 4.65. The Morgan fingerprint density at radius 1 is 1.24 bits per heavy atom. The highest BCUT2D eigenvalue weighted by Crippen LogP contribution is 2.38. The first-order valence-electron chi connectivity index (χ1n) is 9.70. The topological polar surface area (TPSA) is 28.5 Å². The van der Waals surface area contributed by atoms with Crippen LogP contribution in [0, 0.1) is 6.92 Å². The first-order chi connectivity index (χ1) is 12.1. The molecule has 0 bridgehead atoms. The minimum Gasteiger partial charge on any atom is -0.322 e. The van der Waals surface area contributed by atoms with Crippen molar-refractivity contribution in [2.75, 3.05) is 20.1 Å². The van der Waals surface area contributed by atoms with Crippen molar-refractivity contribution >= 4 is 16.8 Å². The Labute approximate surface area is 150 Å². The predicted octanol–water partition coefficient (Wildman–Crippen LogP) is 3.86. The van der Waals surface area contributed by atoms with E-state index in [-0.39, 0.29) is 12.1 Å². The molecule has 1 aromatic heterocycles. The lowest BCUT2D eigenvalue weighted by molar-refractivity contribution is -0.136. The molecule has 4 heteroatoms. The van der Waals surface area contributed by atoms with Crippen LogP contribution in [-0.2, 0) is 17.8 Å². The molecule has 1 atom stereocenters. The Morgan fingerprint density at radius 2 is 2.08 bits per heavy atom. The molecule has 1 saturated heterocycles. The van der Waals surface area contributed by atoms with Gasteiger partial charge in [0.15, 0.2) is 0 Å². The SMILES string of the molecule is CCC(=O)N1CCCCC1n1c2c(c3cc(C)ccc31)CCN(C)C2. The van der Waals surface area contributed by atoms with Crippen LogP contribution in [0.1, 0.15) is 55.6 Å². The second-order valence-electron chi connectivity index (χ2n) is 7.72. The Hall–Kier alpha value is -1.81. The van der Waals surface area contributed by atoms with Gasteiger partial charge < -0.3 is 14.4 Å². The number of piperidine rings is 1. The van der Waals surface area contributed by atoms with Gasteiger partial charge in [0.25, 0.3) is 0 Å². The number of amides is 1. The van der Waals surface area contributed by atoms with Gasteiger partial charge in [0, 0.05) is 37.1 Å². The standard InChI is InChI=1S/C21H29N3O/c1-4-21(25)23-11-6-5-7-20(23)24-18-9-8-15(2)13-17(18)16-10-12-22(3)14-19(16)24/h8-9,13,20H,4-7,10-12,14H2,1-3H3. The molecule has 0 radical (unpaired) electrons. The molecule has 1 amide bonds. The molecule has 2 aliphatic heterocycles. The second-order valence-corrected chi connectivity index (χ2v) is 7.72. The summed E-state index contributed by atoms with van der Waals surface area (Å²) in [5.41, 5.74) is 5.56. The van der Waals surface area contributed by atoms with Crippen molar-refractivity contribution in [3.05, 3.63) is 35.0 Å². The third-order valence-corrected chi connectivity index (χ3v) is 5.93. The molecule has 25 heavy (non-hydrogen) atoms. The number of aromatic nitrogens is 1. The van der Waals surface area contributed by atoms with Gasteiger partial charge in [0.05, 0.1) is 5.52 Å². The van der Waals surface area contributed by atoms with Crippen LogP contribution in [0.25, 0.3) is 10.9 Å². The molecular formula is C21H29N3O. The molecule has 4 nitrogen and oxygen atoms in total. The molecule has 0 aliphatic carbocycles. The molecule has 134 valence electrons. The molecule has 2 aromatic rings. The van der Waals surface area contributed by atoms with Crippen molar-refractivity contribution in [3.8, 4) is 0 Å². The molecule has 2 aliphatic rings. The minimum atomic E-state index is 0.182. The zero-order chi connectivity index (χ0) is 17.6. The van der Waals surface area contributed by atoms with E-state index in [1.165, 1.54) is 34.1 Å². The number of likely N-dealkylation sites (tertiary alicyclic amines) is 1. The van der Waals surface area contributed by atoms with Crippen molar-refractivity contribution in [3.63, 3.8) is 0 Å². The van der Waals surface area contributed by atoms with Gasteiger partial charge in [0.1, 0.15) is 6.17 Å². The Morgan fingerprint density at radius 3 is 2.88 bits per heavy atom. The van der Waals surface area contributed by atoms with E-state index in [4.69, 9.17) is 0 Å². The van der Waals surface area contributed by atoms with Crippen LogP contribution in [0.15, 0.2) is 18.2 Å². The molecule has 0 spiro atoms. The normalized spacial score (nSPS) is 21.6. The molecule has 1 fully saturated rings. The van der Waals surface area contributed by atoms with Crippen molar-refractivity contribution in [1.29, 1.82) is 0 Å². The maximum Gasteiger partial charge on any atom is 0.223 e. The second kappa shape index (κ2) is 6.49. The number of fused-ring (bicyclic) bond motifs is 3. The van der Waals surface area contributed by atoms with Crippen molar-refractivity contribution in [2.24, 2.45) is 0 Å². The average Bonchev–Trinajstić information content (AvgIpc) is 2.93. The molecule has 1 unspecified atom stereocenters. The lowest BCUT2D eigenvalue weighted by Crippen LogP contribution is -2.42. The van der Waals surface area contributed by atoms with Gasteiger partial charge in [-0.25, -0.2) is 0 Å². The monoisotopic (exact) mass is 339 g/mol. The summed E-state index contributed by atoms with van der Waals surface area (Å²) in [7, 11) is 2.20. The van der Waals surface area contributed by atoms with Gasteiger partial charge in [0.2, 0.25) is 5.91 Å². The summed E-state index contributed by atoms with van der Waals surface area (Å²) >= 11 is 0. The third-order valence-electron chi connectivity index (χ3n) is 5.93. The maximum absolute atomic E-state index is 12.6. The van der Waals surface area contributed by atoms with Gasteiger partial charge >= 0.3 is 0 Å². The summed E-state index contributed by atoms with van der Waals surface area (Å²) in [6, 6.07) is 6.82. The number of hydrogen-bond donors (Lipinski definition) is 0. The predicted molar refractivity (Wildman–Crippen MR) is 102 cm³/mol. The van der Waals surface area contributed by atoms with Crippen molar-refractivity contribution in [2.45, 2.75) is 58.7 Å². The highest BCUT2D eigenvalue weighted by molar-refractivity contribution is 5.87. The third kappa shape index (κ3) is 2.77. The number of carbonyl (C=O) groups is 1. The number of likely N-dealkylation sites (N-methyl/N-ethyl adjacent to an activating group) is 1. The quantitative estimate of drug-likeness (QED) is 0.831. The zero-order valence-corrected chi connectivity index (χ0v) is 15.7. The molecule has 4 rings (SSSR count). The smallest absolute Gasteiger partial charge is 0.223 e. The summed E-state index contributed by atoms with van der Waals surface area (Å²) in [6.45, 7) is 7.14. The molecule has 1 aromatic carbocycles. The maximum atomic E-state index is 12.6. The van der Waals surface area contributed by atoms with E-state index in [2.05, 4.69) is 46.5 Å². The van der Waals surface area contributed by atoms with Crippen LogP contribution in [0.2, 0.25) is 0 Å². The molecule has 0 saturated carbocycles. The van der Waals surface area contributed by atoms with E-state index >= 15 is 0 Å². The minimum absolute atomic E-state index is 0.182. The van der Waals surface area contributed by atoms with Crippen LogP contribution in [0.5, 0.6) is 0 Å². The van der Waals surface area contributed by atoms with Crippen LogP contribution >= 0.6 is 0 Å². The van der Waals surface area contributed by atoms with Crippen LogP contribution in [0.4, 0.5) is 0 Å². The fourth-order valence-electron chi connectivity index (χ4n) is 4.65. The number of carbonyl (C=O) groups excluding carboxylic acids is 1. The largest absolute Gasteiger partial charge is 0.322 e. The van der Waals surface area contributed by atoms with E-state index in [1.54, 1.807) is 0 Å². The van der Waals surface area contributed by atoms with Gasteiger partial charge in [-0.15, -0.1) is 0 Å². The summed E-state index contributed by atoms with van der Waals surface area (Å²) in [6.07, 6.45) is 5.28. The van der Waals surface area contributed by atoms with Gasteiger partial charge in [-0.2, -0.15) is 0 Å². The number of rotatable bonds is 2. The van der Waals surface area contributed by atoms with Crippen molar-refractivity contribution in [1.82, 2.24) is 14.4 Å². The summed E-state index contributed by atoms with van der Waals surface area (Å²) in [4.78, 5) is 17.1. The highest BCUT2D eigenvalue weighted by Gasteiger charge is 2.32. The van der Waals surface area contributed by atoms with Crippen LogP contribution in [0.3, 0.4) is 0 Å². The number of hydrogen-bond acceptors (Lipinski definition) is 2. The zero-order valence-electron chi connectivity index (χ0n) is 15.7. The number of aryl methyl sites for hydroxylation is 1. The Bertz CT molecular complexity index is 807. The lowest BCUT2D eigenvalue weighted by atomic mass is 10.0. The van der Waals surface area contributed by atoms with E-state index in [1.807, 2.05) is 6.92 Å².